The molecule has 0 unspecified atom stereocenters. The zero-order valence-electron chi connectivity index (χ0n) is 14.7. The second-order valence-electron chi connectivity index (χ2n) is 7.17. The minimum Gasteiger partial charge on any atom is -0.348 e. The van der Waals surface area contributed by atoms with Crippen LogP contribution in [0.3, 0.4) is 0 Å². The van der Waals surface area contributed by atoms with Crippen LogP contribution in [0.4, 0.5) is 0 Å². The standard InChI is InChI=1S/C19H25N5O/c1-23-17-8-10-24(12-14-5-4-9-20-11-14)13-16(17)18(22-23)19(25)21-15-6-2-3-7-15/h4-5,9,11,15H,2-3,6-8,10,12-13H2,1H3,(H,21,25). The fourth-order valence-corrected chi connectivity index (χ4v) is 4.04. The first-order chi connectivity index (χ1) is 12.2. The van der Waals surface area contributed by atoms with Gasteiger partial charge >= 0.3 is 0 Å². The summed E-state index contributed by atoms with van der Waals surface area (Å²) in [7, 11) is 1.95. The van der Waals surface area contributed by atoms with E-state index >= 15 is 0 Å². The maximum Gasteiger partial charge on any atom is 0.272 e. The van der Waals surface area contributed by atoms with Crippen LogP contribution in [0.2, 0.25) is 0 Å². The van der Waals surface area contributed by atoms with Crippen molar-refractivity contribution in [1.29, 1.82) is 0 Å². The summed E-state index contributed by atoms with van der Waals surface area (Å²) >= 11 is 0. The number of nitrogens with one attached hydrogen (secondary N) is 1. The summed E-state index contributed by atoms with van der Waals surface area (Å²) in [4.78, 5) is 19.3. The Hall–Kier alpha value is -2.21. The molecule has 0 saturated heterocycles. The van der Waals surface area contributed by atoms with Gasteiger partial charge in [-0.3, -0.25) is 19.4 Å². The lowest BCUT2D eigenvalue weighted by Crippen LogP contribution is -2.35. The molecule has 6 nitrogen and oxygen atoms in total. The van der Waals surface area contributed by atoms with Crippen LogP contribution in [0.1, 0.15) is 53.0 Å². The molecule has 2 aromatic rings. The van der Waals surface area contributed by atoms with E-state index in [0.717, 1.165) is 44.5 Å². The number of rotatable bonds is 4. The lowest BCUT2D eigenvalue weighted by atomic mass is 10.0. The summed E-state index contributed by atoms with van der Waals surface area (Å²) in [5.74, 6) is -0.00743. The maximum atomic E-state index is 12.7. The summed E-state index contributed by atoms with van der Waals surface area (Å²) in [5.41, 5.74) is 4.10. The van der Waals surface area contributed by atoms with Gasteiger partial charge in [0.25, 0.3) is 5.91 Å². The predicted molar refractivity (Wildman–Crippen MR) is 95.0 cm³/mol. The van der Waals surface area contributed by atoms with Gasteiger partial charge in [-0.1, -0.05) is 18.9 Å². The van der Waals surface area contributed by atoms with Crippen molar-refractivity contribution in [2.24, 2.45) is 7.05 Å². The van der Waals surface area contributed by atoms with Crippen molar-refractivity contribution < 1.29 is 4.79 Å². The molecule has 2 aromatic heterocycles. The zero-order valence-corrected chi connectivity index (χ0v) is 14.7. The molecule has 1 aliphatic heterocycles. The van der Waals surface area contributed by atoms with Crippen molar-refractivity contribution in [2.75, 3.05) is 6.54 Å². The topological polar surface area (TPSA) is 63.1 Å². The highest BCUT2D eigenvalue weighted by molar-refractivity contribution is 5.94. The van der Waals surface area contributed by atoms with E-state index in [9.17, 15) is 4.79 Å². The molecule has 0 aromatic carbocycles. The number of nitrogens with zero attached hydrogens (tertiary/aromatic N) is 4. The molecule has 25 heavy (non-hydrogen) atoms. The number of pyridine rings is 1. The third-order valence-corrected chi connectivity index (χ3v) is 5.36. The number of carbonyl (C=O) groups is 1. The fraction of sp³-hybridized carbons (Fsp3) is 0.526. The van der Waals surface area contributed by atoms with Crippen molar-refractivity contribution in [3.05, 3.63) is 47.0 Å². The van der Waals surface area contributed by atoms with E-state index in [-0.39, 0.29) is 5.91 Å². The number of hydrogen-bond donors (Lipinski definition) is 1. The molecule has 132 valence electrons. The quantitative estimate of drug-likeness (QED) is 0.926. The van der Waals surface area contributed by atoms with Gasteiger partial charge < -0.3 is 5.32 Å². The molecule has 2 aliphatic rings. The van der Waals surface area contributed by atoms with E-state index < -0.39 is 0 Å². The number of carbonyl (C=O) groups excluding carboxylic acids is 1. The molecule has 0 radical (unpaired) electrons. The molecule has 0 spiro atoms. The van der Waals surface area contributed by atoms with Crippen molar-refractivity contribution in [3.63, 3.8) is 0 Å². The van der Waals surface area contributed by atoms with Gasteiger partial charge in [-0.05, 0) is 24.5 Å². The monoisotopic (exact) mass is 339 g/mol. The second-order valence-corrected chi connectivity index (χ2v) is 7.17. The number of aryl methyl sites for hydroxylation is 1. The molecule has 3 heterocycles. The van der Waals surface area contributed by atoms with Gasteiger partial charge in [0.1, 0.15) is 0 Å². The highest BCUT2D eigenvalue weighted by Gasteiger charge is 2.28. The first kappa shape index (κ1) is 16.3. The predicted octanol–water partition coefficient (Wildman–Crippen LogP) is 2.05. The minimum atomic E-state index is -0.00743. The molecule has 1 saturated carbocycles. The van der Waals surface area contributed by atoms with Crippen LogP contribution in [0.25, 0.3) is 0 Å². The van der Waals surface area contributed by atoms with Crippen molar-refractivity contribution >= 4 is 5.91 Å². The molecule has 4 rings (SSSR count). The smallest absolute Gasteiger partial charge is 0.272 e. The first-order valence-electron chi connectivity index (χ1n) is 9.17. The second kappa shape index (κ2) is 6.96. The molecular weight excluding hydrogens is 314 g/mol. The van der Waals surface area contributed by atoms with E-state index in [1.807, 2.05) is 24.0 Å². The summed E-state index contributed by atoms with van der Waals surface area (Å²) in [5, 5.41) is 7.72. The van der Waals surface area contributed by atoms with E-state index in [1.54, 1.807) is 6.20 Å². The van der Waals surface area contributed by atoms with E-state index in [1.165, 1.54) is 24.1 Å². The summed E-state index contributed by atoms with van der Waals surface area (Å²) in [6, 6.07) is 4.38. The zero-order chi connectivity index (χ0) is 17.2. The number of amides is 1. The average Bonchev–Trinajstić information content (AvgIpc) is 3.24. The van der Waals surface area contributed by atoms with Crippen LogP contribution in [-0.2, 0) is 26.6 Å². The normalized spacial score (nSPS) is 18.3. The molecule has 1 aliphatic carbocycles. The summed E-state index contributed by atoms with van der Waals surface area (Å²) in [6.45, 7) is 2.60. The van der Waals surface area contributed by atoms with Crippen LogP contribution < -0.4 is 5.32 Å². The Morgan fingerprint density at radius 1 is 1.36 bits per heavy atom. The van der Waals surface area contributed by atoms with Gasteiger partial charge in [-0.2, -0.15) is 5.10 Å². The van der Waals surface area contributed by atoms with Crippen molar-refractivity contribution in [2.45, 2.75) is 51.2 Å². The lowest BCUT2D eigenvalue weighted by molar-refractivity contribution is 0.0929. The van der Waals surface area contributed by atoms with Gasteiger partial charge in [-0.25, -0.2) is 0 Å². The SMILES string of the molecule is Cn1nc(C(=O)NC2CCCC2)c2c1CCN(Cc1cccnc1)C2. The fourth-order valence-electron chi connectivity index (χ4n) is 4.04. The molecule has 1 fully saturated rings. The van der Waals surface area contributed by atoms with Crippen molar-refractivity contribution in [1.82, 2.24) is 25.0 Å². The lowest BCUT2D eigenvalue weighted by Gasteiger charge is -2.27. The van der Waals surface area contributed by atoms with E-state index in [0.29, 0.717) is 11.7 Å². The van der Waals surface area contributed by atoms with Gasteiger partial charge in [-0.15, -0.1) is 0 Å². The Morgan fingerprint density at radius 3 is 2.96 bits per heavy atom. The third kappa shape index (κ3) is 3.44. The third-order valence-electron chi connectivity index (χ3n) is 5.36. The minimum absolute atomic E-state index is 0.00743. The van der Waals surface area contributed by atoms with Gasteiger partial charge in [0.15, 0.2) is 5.69 Å². The van der Waals surface area contributed by atoms with Crippen molar-refractivity contribution in [3.8, 4) is 0 Å². The Kier molecular flexibility index (Phi) is 4.53. The maximum absolute atomic E-state index is 12.7. The summed E-state index contributed by atoms with van der Waals surface area (Å²) < 4.78 is 1.89. The van der Waals surface area contributed by atoms with Crippen LogP contribution >= 0.6 is 0 Å². The van der Waals surface area contributed by atoms with E-state index in [4.69, 9.17) is 0 Å². The largest absolute Gasteiger partial charge is 0.348 e. The number of aromatic nitrogens is 3. The molecule has 1 N–H and O–H groups in total. The Balaban J connectivity index is 1.51. The Labute approximate surface area is 148 Å². The summed E-state index contributed by atoms with van der Waals surface area (Å²) in [6.07, 6.45) is 9.24. The highest BCUT2D eigenvalue weighted by Crippen LogP contribution is 2.24. The van der Waals surface area contributed by atoms with Gasteiger partial charge in [0, 0.05) is 62.8 Å². The number of hydrogen-bond acceptors (Lipinski definition) is 4. The number of fused-ring (bicyclic) bond motifs is 1. The molecule has 0 bridgehead atoms. The van der Waals surface area contributed by atoms with E-state index in [2.05, 4.69) is 26.4 Å². The van der Waals surface area contributed by atoms with Crippen LogP contribution in [0.15, 0.2) is 24.5 Å². The Bertz CT molecular complexity index is 749. The molecule has 6 heteroatoms. The first-order valence-corrected chi connectivity index (χ1v) is 9.17. The van der Waals surface area contributed by atoms with Gasteiger partial charge in [0.2, 0.25) is 0 Å². The van der Waals surface area contributed by atoms with Gasteiger partial charge in [0.05, 0.1) is 0 Å². The van der Waals surface area contributed by atoms with Crippen LogP contribution in [0.5, 0.6) is 0 Å². The molecule has 1 amide bonds. The van der Waals surface area contributed by atoms with Crippen LogP contribution in [-0.4, -0.2) is 38.2 Å². The molecule has 0 atom stereocenters. The highest BCUT2D eigenvalue weighted by atomic mass is 16.2. The molecular formula is C19H25N5O. The Morgan fingerprint density at radius 2 is 2.20 bits per heavy atom. The average molecular weight is 339 g/mol. The van der Waals surface area contributed by atoms with Crippen LogP contribution in [0, 0.1) is 0 Å².